The smallest absolute Gasteiger partial charge is 0.342 e. The number of nitrogens with zero attached hydrogens (tertiary/aromatic N) is 2. The molecule has 2 aromatic rings. The van der Waals surface area contributed by atoms with E-state index < -0.39 is 13.3 Å². The van der Waals surface area contributed by atoms with Crippen molar-refractivity contribution < 1.29 is 13.6 Å². The molecule has 3 rings (SSSR count). The van der Waals surface area contributed by atoms with Crippen LogP contribution in [0.15, 0.2) is 36.4 Å². The van der Waals surface area contributed by atoms with Gasteiger partial charge >= 0.3 is 7.60 Å². The quantitative estimate of drug-likeness (QED) is 0.518. The molecule has 1 aliphatic rings. The van der Waals surface area contributed by atoms with Gasteiger partial charge in [-0.3, -0.25) is 4.57 Å². The predicted octanol–water partition coefficient (Wildman–Crippen LogP) is 5.81. The Balaban J connectivity index is 2.35. The number of hydrogen-bond donors (Lipinski definition) is 0. The van der Waals surface area contributed by atoms with Gasteiger partial charge in [-0.1, -0.05) is 26.0 Å². The van der Waals surface area contributed by atoms with Gasteiger partial charge in [0.25, 0.3) is 0 Å². The molecule has 2 aromatic carbocycles. The van der Waals surface area contributed by atoms with Gasteiger partial charge < -0.3 is 18.8 Å². The molecule has 164 valence electrons. The second-order valence-electron chi connectivity index (χ2n) is 8.73. The lowest BCUT2D eigenvalue weighted by atomic mass is 9.68. The molecule has 0 aromatic heterocycles. The molecule has 0 bridgehead atoms. The molecule has 1 aliphatic carbocycles. The average molecular weight is 431 g/mol. The SMILES string of the molecule is CCOP(=O)(OCC)C1c2ccc(N(C)C)cc2C(C)(C)c2cc(N(C)C)ccc21. The van der Waals surface area contributed by atoms with Gasteiger partial charge in [-0.05, 0) is 60.4 Å². The normalized spacial score (nSPS) is 15.5. The van der Waals surface area contributed by atoms with Crippen LogP contribution < -0.4 is 9.80 Å². The van der Waals surface area contributed by atoms with Gasteiger partial charge in [0.05, 0.1) is 13.2 Å². The van der Waals surface area contributed by atoms with Crippen molar-refractivity contribution >= 4 is 19.0 Å². The fourth-order valence-corrected chi connectivity index (χ4v) is 6.63. The molecule has 0 saturated heterocycles. The Morgan fingerprint density at radius 2 is 1.23 bits per heavy atom. The molecule has 6 heteroatoms. The van der Waals surface area contributed by atoms with E-state index in [-0.39, 0.29) is 5.41 Å². The van der Waals surface area contributed by atoms with Crippen LogP contribution in [0, 0.1) is 0 Å². The van der Waals surface area contributed by atoms with Crippen molar-refractivity contribution in [3.63, 3.8) is 0 Å². The first kappa shape index (κ1) is 22.9. The van der Waals surface area contributed by atoms with E-state index in [0.29, 0.717) is 13.2 Å². The van der Waals surface area contributed by atoms with Gasteiger partial charge in [-0.25, -0.2) is 0 Å². The Morgan fingerprint density at radius 1 is 0.833 bits per heavy atom. The van der Waals surface area contributed by atoms with Crippen molar-refractivity contribution in [2.45, 2.75) is 38.8 Å². The zero-order chi connectivity index (χ0) is 22.3. The molecule has 5 nitrogen and oxygen atoms in total. The Morgan fingerprint density at radius 3 is 1.57 bits per heavy atom. The minimum absolute atomic E-state index is 0.248. The maximum atomic E-state index is 14.1. The molecule has 0 saturated carbocycles. The highest BCUT2D eigenvalue weighted by Crippen LogP contribution is 2.67. The van der Waals surface area contributed by atoms with Crippen molar-refractivity contribution in [1.82, 2.24) is 0 Å². The van der Waals surface area contributed by atoms with Gasteiger partial charge in [0.1, 0.15) is 5.66 Å². The molecule has 0 spiro atoms. The molecule has 0 amide bonds. The zero-order valence-electron chi connectivity index (χ0n) is 19.5. The lowest BCUT2D eigenvalue weighted by Gasteiger charge is -2.42. The molecular formula is C24H35N2O3P. The highest BCUT2D eigenvalue weighted by atomic mass is 31.2. The van der Waals surface area contributed by atoms with Gasteiger partial charge in [-0.15, -0.1) is 0 Å². The van der Waals surface area contributed by atoms with E-state index in [0.717, 1.165) is 22.5 Å². The van der Waals surface area contributed by atoms with Crippen molar-refractivity contribution in [2.24, 2.45) is 0 Å². The molecule has 0 aliphatic heterocycles. The highest BCUT2D eigenvalue weighted by molar-refractivity contribution is 7.54. The molecule has 30 heavy (non-hydrogen) atoms. The van der Waals surface area contributed by atoms with Crippen LogP contribution in [0.1, 0.15) is 55.6 Å². The molecule has 0 heterocycles. The Hall–Kier alpha value is -1.81. The largest absolute Gasteiger partial charge is 0.378 e. The van der Waals surface area contributed by atoms with Gasteiger partial charge in [-0.2, -0.15) is 0 Å². The maximum absolute atomic E-state index is 14.1. The summed E-state index contributed by atoms with van der Waals surface area (Å²) in [6.45, 7) is 8.90. The fourth-order valence-electron chi connectivity index (χ4n) is 4.40. The average Bonchev–Trinajstić information content (AvgIpc) is 2.68. The molecule has 0 N–H and O–H groups in total. The summed E-state index contributed by atoms with van der Waals surface area (Å²) >= 11 is 0. The first-order chi connectivity index (χ1) is 14.1. The Labute approximate surface area is 181 Å². The Bertz CT molecular complexity index is 897. The van der Waals surface area contributed by atoms with Crippen LogP contribution in [0.25, 0.3) is 0 Å². The van der Waals surface area contributed by atoms with E-state index in [9.17, 15) is 4.57 Å². The summed E-state index contributed by atoms with van der Waals surface area (Å²) in [5, 5.41) is 0. The number of benzene rings is 2. The van der Waals surface area contributed by atoms with Crippen LogP contribution in [0.5, 0.6) is 0 Å². The van der Waals surface area contributed by atoms with Crippen LogP contribution in [0.3, 0.4) is 0 Å². The first-order valence-electron chi connectivity index (χ1n) is 10.6. The van der Waals surface area contributed by atoms with E-state index in [2.05, 4.69) is 60.0 Å². The summed E-state index contributed by atoms with van der Waals surface area (Å²) in [6, 6.07) is 12.8. The maximum Gasteiger partial charge on any atom is 0.342 e. The van der Waals surface area contributed by atoms with Crippen LogP contribution >= 0.6 is 7.60 Å². The fraction of sp³-hybridized carbons (Fsp3) is 0.500. The first-order valence-corrected chi connectivity index (χ1v) is 12.2. The third kappa shape index (κ3) is 3.79. The van der Waals surface area contributed by atoms with Gasteiger partial charge in [0.2, 0.25) is 0 Å². The van der Waals surface area contributed by atoms with E-state index in [1.165, 1.54) is 11.1 Å². The topological polar surface area (TPSA) is 42.0 Å². The minimum atomic E-state index is -3.42. The molecule has 0 fully saturated rings. The molecular weight excluding hydrogens is 395 g/mol. The predicted molar refractivity (Wildman–Crippen MR) is 126 cm³/mol. The minimum Gasteiger partial charge on any atom is -0.378 e. The monoisotopic (exact) mass is 430 g/mol. The highest BCUT2D eigenvalue weighted by Gasteiger charge is 2.47. The number of anilines is 2. The molecule has 0 radical (unpaired) electrons. The van der Waals surface area contributed by atoms with Crippen molar-refractivity contribution in [3.8, 4) is 0 Å². The van der Waals surface area contributed by atoms with Crippen LogP contribution in [-0.2, 0) is 19.0 Å². The summed E-state index contributed by atoms with van der Waals surface area (Å²) in [5.41, 5.74) is 5.95. The van der Waals surface area contributed by atoms with Gasteiger partial charge in [0, 0.05) is 45.0 Å². The third-order valence-corrected chi connectivity index (χ3v) is 8.40. The van der Waals surface area contributed by atoms with Crippen molar-refractivity contribution in [1.29, 1.82) is 0 Å². The summed E-state index contributed by atoms with van der Waals surface area (Å²) in [7, 11) is 4.74. The summed E-state index contributed by atoms with van der Waals surface area (Å²) in [4.78, 5) is 4.20. The summed E-state index contributed by atoms with van der Waals surface area (Å²) in [5.74, 6) is 0. The zero-order valence-corrected chi connectivity index (χ0v) is 20.4. The van der Waals surface area contributed by atoms with Crippen LogP contribution in [-0.4, -0.2) is 41.4 Å². The lowest BCUT2D eigenvalue weighted by Crippen LogP contribution is -2.31. The van der Waals surface area contributed by atoms with E-state index in [4.69, 9.17) is 9.05 Å². The van der Waals surface area contributed by atoms with E-state index >= 15 is 0 Å². The number of fused-ring (bicyclic) bond motifs is 2. The molecule has 0 unspecified atom stereocenters. The van der Waals surface area contributed by atoms with E-state index in [1.54, 1.807) is 0 Å². The second kappa shape index (κ2) is 8.37. The van der Waals surface area contributed by atoms with Crippen LogP contribution in [0.2, 0.25) is 0 Å². The standard InChI is InChI=1S/C24H35N2O3P/c1-9-28-30(27,29-10-2)23-19-13-11-17(25(5)6)15-21(19)24(3,4)22-16-18(26(7)8)12-14-20(22)23/h11-16,23H,9-10H2,1-8H3. The summed E-state index contributed by atoms with van der Waals surface area (Å²) in [6.07, 6.45) is 0. The van der Waals surface area contributed by atoms with Crippen molar-refractivity contribution in [3.05, 3.63) is 58.7 Å². The number of hydrogen-bond acceptors (Lipinski definition) is 5. The van der Waals surface area contributed by atoms with Gasteiger partial charge in [0.15, 0.2) is 0 Å². The molecule has 0 atom stereocenters. The Kier molecular flexibility index (Phi) is 6.38. The van der Waals surface area contributed by atoms with E-state index in [1.807, 2.05) is 42.0 Å². The van der Waals surface area contributed by atoms with Crippen molar-refractivity contribution in [2.75, 3.05) is 51.2 Å². The van der Waals surface area contributed by atoms with Crippen LogP contribution in [0.4, 0.5) is 11.4 Å². The second-order valence-corrected chi connectivity index (χ2v) is 10.8. The third-order valence-electron chi connectivity index (χ3n) is 5.98. The summed E-state index contributed by atoms with van der Waals surface area (Å²) < 4.78 is 25.8. The number of rotatable bonds is 7. The lowest BCUT2D eigenvalue weighted by molar-refractivity contribution is 0.214.